The van der Waals surface area contributed by atoms with Gasteiger partial charge in [-0.2, -0.15) is 0 Å². The summed E-state index contributed by atoms with van der Waals surface area (Å²) in [6.07, 6.45) is 15.6. The summed E-state index contributed by atoms with van der Waals surface area (Å²) in [5.41, 5.74) is 0. The van der Waals surface area contributed by atoms with Gasteiger partial charge in [-0.15, -0.1) is 0 Å². The van der Waals surface area contributed by atoms with E-state index in [4.69, 9.17) is 9.47 Å². The first-order valence-electron chi connectivity index (χ1n) is 11.2. The molecule has 0 fully saturated rings. The molecule has 0 aliphatic carbocycles. The average Bonchev–Trinajstić information content (AvgIpc) is 2.66. The fourth-order valence-electron chi connectivity index (χ4n) is 2.79. The van der Waals surface area contributed by atoms with Gasteiger partial charge in [0.1, 0.15) is 0 Å². The molecule has 0 bridgehead atoms. The first-order chi connectivity index (χ1) is 13.2. The van der Waals surface area contributed by atoms with E-state index in [-0.39, 0.29) is 11.9 Å². The zero-order chi connectivity index (χ0) is 20.0. The Balaban J connectivity index is 3.29. The molecule has 0 rings (SSSR count). The normalized spacial score (nSPS) is 10.7. The maximum atomic E-state index is 11.7. The predicted octanol–water partition coefficient (Wildman–Crippen LogP) is 6.11. The van der Waals surface area contributed by atoms with Crippen molar-refractivity contribution >= 4 is 33.1 Å². The van der Waals surface area contributed by atoms with E-state index in [0.717, 1.165) is 34.6 Å². The SMILES string of the molecule is CCCCCCCCOC(=O)C[CH2][Sn][CH2]CC(=O)OCCCCCCCC. The van der Waals surface area contributed by atoms with E-state index in [0.29, 0.717) is 26.1 Å². The van der Waals surface area contributed by atoms with Crippen LogP contribution in [0.15, 0.2) is 0 Å². The van der Waals surface area contributed by atoms with Crippen LogP contribution in [-0.2, 0) is 19.1 Å². The molecule has 0 N–H and O–H groups in total. The van der Waals surface area contributed by atoms with E-state index in [2.05, 4.69) is 13.8 Å². The van der Waals surface area contributed by atoms with Crippen LogP contribution in [0.1, 0.15) is 104 Å². The van der Waals surface area contributed by atoms with Crippen molar-refractivity contribution in [3.63, 3.8) is 0 Å². The molecular formula is C22H42O4Sn. The minimum atomic E-state index is -0.638. The summed E-state index contributed by atoms with van der Waals surface area (Å²) in [5, 5.41) is 0. The fraction of sp³-hybridized carbons (Fsp3) is 0.909. The van der Waals surface area contributed by atoms with Crippen molar-refractivity contribution in [3.05, 3.63) is 0 Å². The van der Waals surface area contributed by atoms with Crippen molar-refractivity contribution in [2.75, 3.05) is 13.2 Å². The van der Waals surface area contributed by atoms with Gasteiger partial charge >= 0.3 is 178 Å². The van der Waals surface area contributed by atoms with Crippen LogP contribution in [0.25, 0.3) is 0 Å². The molecule has 0 aliphatic heterocycles. The zero-order valence-corrected chi connectivity index (χ0v) is 20.7. The fourth-order valence-corrected chi connectivity index (χ4v) is 5.67. The van der Waals surface area contributed by atoms with Crippen molar-refractivity contribution in [2.45, 2.75) is 113 Å². The molecule has 27 heavy (non-hydrogen) atoms. The van der Waals surface area contributed by atoms with Crippen molar-refractivity contribution in [3.8, 4) is 0 Å². The van der Waals surface area contributed by atoms with Gasteiger partial charge in [0.25, 0.3) is 0 Å². The number of esters is 2. The number of hydrogen-bond acceptors (Lipinski definition) is 4. The molecule has 0 amide bonds. The second-order valence-electron chi connectivity index (χ2n) is 7.23. The van der Waals surface area contributed by atoms with Crippen LogP contribution < -0.4 is 0 Å². The number of rotatable bonds is 20. The molecule has 0 spiro atoms. The summed E-state index contributed by atoms with van der Waals surface area (Å²) in [4.78, 5) is 23.3. The second kappa shape index (κ2) is 22.0. The topological polar surface area (TPSA) is 52.6 Å². The Morgan fingerprint density at radius 3 is 1.37 bits per heavy atom. The van der Waals surface area contributed by atoms with Crippen molar-refractivity contribution in [1.29, 1.82) is 0 Å². The van der Waals surface area contributed by atoms with Gasteiger partial charge in [-0.25, -0.2) is 0 Å². The van der Waals surface area contributed by atoms with Crippen LogP contribution in [0.4, 0.5) is 0 Å². The first-order valence-corrected chi connectivity index (χ1v) is 15.3. The Morgan fingerprint density at radius 1 is 0.593 bits per heavy atom. The quantitative estimate of drug-likeness (QED) is 0.118. The second-order valence-corrected chi connectivity index (χ2v) is 11.5. The molecule has 158 valence electrons. The molecule has 0 unspecified atom stereocenters. The van der Waals surface area contributed by atoms with Crippen molar-refractivity contribution in [1.82, 2.24) is 0 Å². The Bertz CT molecular complexity index is 315. The Hall–Kier alpha value is -0.261. The molecular weight excluding hydrogens is 447 g/mol. The van der Waals surface area contributed by atoms with E-state index in [9.17, 15) is 9.59 Å². The molecule has 0 heterocycles. The van der Waals surface area contributed by atoms with Crippen molar-refractivity contribution < 1.29 is 19.1 Å². The molecule has 0 aliphatic rings. The van der Waals surface area contributed by atoms with Crippen LogP contribution in [0.2, 0.25) is 8.87 Å². The third kappa shape index (κ3) is 21.9. The molecule has 0 aromatic carbocycles. The summed E-state index contributed by atoms with van der Waals surface area (Å²) in [5.74, 6) is -0.120. The number of hydrogen-bond donors (Lipinski definition) is 0. The van der Waals surface area contributed by atoms with E-state index in [1.807, 2.05) is 0 Å². The Morgan fingerprint density at radius 2 is 0.963 bits per heavy atom. The van der Waals surface area contributed by atoms with Gasteiger partial charge in [0.15, 0.2) is 0 Å². The average molecular weight is 489 g/mol. The van der Waals surface area contributed by atoms with Crippen molar-refractivity contribution in [2.24, 2.45) is 0 Å². The number of ether oxygens (including phenoxy) is 2. The summed E-state index contributed by atoms with van der Waals surface area (Å²) in [6.45, 7) is 5.57. The summed E-state index contributed by atoms with van der Waals surface area (Å²) in [7, 11) is 0. The third-order valence-corrected chi connectivity index (χ3v) is 7.98. The molecule has 0 aromatic rings. The number of carbonyl (C=O) groups excluding carboxylic acids is 2. The van der Waals surface area contributed by atoms with Gasteiger partial charge in [-0.1, -0.05) is 0 Å². The van der Waals surface area contributed by atoms with E-state index in [1.165, 1.54) is 51.4 Å². The summed E-state index contributed by atoms with van der Waals surface area (Å²) in [6, 6.07) is 0. The number of unbranched alkanes of at least 4 members (excludes halogenated alkanes) is 10. The van der Waals surface area contributed by atoms with E-state index in [1.54, 1.807) is 0 Å². The Labute approximate surface area is 177 Å². The maximum absolute atomic E-state index is 11.7. The molecule has 5 heteroatoms. The summed E-state index contributed by atoms with van der Waals surface area (Å²) < 4.78 is 12.5. The summed E-state index contributed by atoms with van der Waals surface area (Å²) >= 11 is -0.638. The molecule has 4 nitrogen and oxygen atoms in total. The van der Waals surface area contributed by atoms with Crippen LogP contribution in [0, 0.1) is 0 Å². The van der Waals surface area contributed by atoms with Gasteiger partial charge < -0.3 is 0 Å². The molecule has 0 saturated carbocycles. The Kier molecular flexibility index (Phi) is 21.8. The van der Waals surface area contributed by atoms with Crippen LogP contribution in [0.3, 0.4) is 0 Å². The number of carbonyl (C=O) groups is 2. The third-order valence-electron chi connectivity index (χ3n) is 4.53. The van der Waals surface area contributed by atoms with Crippen LogP contribution >= 0.6 is 0 Å². The van der Waals surface area contributed by atoms with Gasteiger partial charge in [-0.05, 0) is 0 Å². The predicted molar refractivity (Wildman–Crippen MR) is 113 cm³/mol. The monoisotopic (exact) mass is 490 g/mol. The van der Waals surface area contributed by atoms with Crippen LogP contribution in [0.5, 0.6) is 0 Å². The van der Waals surface area contributed by atoms with Gasteiger partial charge in [0.05, 0.1) is 0 Å². The van der Waals surface area contributed by atoms with Gasteiger partial charge in [0.2, 0.25) is 0 Å². The minimum absolute atomic E-state index is 0.0601. The molecule has 0 aromatic heterocycles. The molecule has 0 saturated heterocycles. The zero-order valence-electron chi connectivity index (χ0n) is 17.9. The van der Waals surface area contributed by atoms with E-state index >= 15 is 0 Å². The molecule has 0 atom stereocenters. The molecule has 2 radical (unpaired) electrons. The van der Waals surface area contributed by atoms with E-state index < -0.39 is 21.1 Å². The van der Waals surface area contributed by atoms with Crippen LogP contribution in [-0.4, -0.2) is 46.3 Å². The van der Waals surface area contributed by atoms with Gasteiger partial charge in [0, 0.05) is 0 Å². The van der Waals surface area contributed by atoms with Gasteiger partial charge in [-0.3, -0.25) is 0 Å². The first kappa shape index (κ1) is 26.7. The standard InChI is InChI=1S/2C11H21O2.Sn/c2*1-3-5-6-7-8-9-10-13-11(12)4-2;/h2*2-10H2,1H3;.